The molecule has 16 heavy (non-hydrogen) atoms. The molecule has 0 unspecified atom stereocenters. The summed E-state index contributed by atoms with van der Waals surface area (Å²) in [7, 11) is 0. The largest absolute Gasteiger partial charge is 0.351 e. The second-order valence-corrected chi connectivity index (χ2v) is 4.67. The number of aromatic nitrogens is 1. The number of aryl methyl sites for hydroxylation is 1. The molecule has 1 aromatic heterocycles. The second-order valence-electron chi connectivity index (χ2n) is 4.67. The molecule has 2 rings (SSSR count). The molecule has 4 heteroatoms. The Kier molecular flexibility index (Phi) is 2.99. The van der Waals surface area contributed by atoms with Crippen molar-refractivity contribution in [2.45, 2.75) is 52.1 Å². The monoisotopic (exact) mass is 222 g/mol. The highest BCUT2D eigenvalue weighted by atomic mass is 16.5. The summed E-state index contributed by atoms with van der Waals surface area (Å²) in [6.07, 6.45) is 3.34. The highest BCUT2D eigenvalue weighted by Crippen LogP contribution is 2.24. The van der Waals surface area contributed by atoms with Gasteiger partial charge in [0.1, 0.15) is 0 Å². The number of hydrogen-bond donors (Lipinski definition) is 0. The lowest BCUT2D eigenvalue weighted by Gasteiger charge is -2.38. The Hall–Kier alpha value is -1.32. The molecular weight excluding hydrogens is 204 g/mol. The van der Waals surface area contributed by atoms with Crippen LogP contribution in [0.15, 0.2) is 10.6 Å². The Bertz CT molecular complexity index is 376. The van der Waals surface area contributed by atoms with E-state index in [1.807, 2.05) is 11.8 Å². The Labute approximate surface area is 95.6 Å². The summed E-state index contributed by atoms with van der Waals surface area (Å²) in [4.78, 5) is 14.1. The fraction of sp³-hybridized carbons (Fsp3) is 0.667. The van der Waals surface area contributed by atoms with Gasteiger partial charge in [-0.25, -0.2) is 0 Å². The van der Waals surface area contributed by atoms with Crippen molar-refractivity contribution in [1.82, 2.24) is 10.1 Å². The predicted molar refractivity (Wildman–Crippen MR) is 60.2 cm³/mol. The Morgan fingerprint density at radius 1 is 1.44 bits per heavy atom. The first-order valence-electron chi connectivity index (χ1n) is 5.85. The topological polar surface area (TPSA) is 46.3 Å². The molecular formula is C12H18N2O2. The maximum atomic E-state index is 12.2. The van der Waals surface area contributed by atoms with Crippen LogP contribution in [0, 0.1) is 6.92 Å². The standard InChI is InChI=1S/C12H18N2O2/c1-8-7-11(16-13-8)12(15)14-9(2)5-4-6-10(14)3/h7,9-10H,4-6H2,1-3H3/t9-,10-/m0/s1. The molecule has 1 amide bonds. The van der Waals surface area contributed by atoms with Crippen LogP contribution in [0.2, 0.25) is 0 Å². The third-order valence-corrected chi connectivity index (χ3v) is 3.27. The summed E-state index contributed by atoms with van der Waals surface area (Å²) < 4.78 is 5.03. The number of carbonyl (C=O) groups excluding carboxylic acids is 1. The van der Waals surface area contributed by atoms with Gasteiger partial charge in [0, 0.05) is 18.2 Å². The van der Waals surface area contributed by atoms with Gasteiger partial charge in [-0.05, 0) is 40.0 Å². The smallest absolute Gasteiger partial charge is 0.292 e. The predicted octanol–water partition coefficient (Wildman–Crippen LogP) is 2.39. The van der Waals surface area contributed by atoms with Crippen molar-refractivity contribution in [2.75, 3.05) is 0 Å². The zero-order chi connectivity index (χ0) is 11.7. The molecule has 0 N–H and O–H groups in total. The first-order chi connectivity index (χ1) is 7.59. The molecule has 1 aliphatic rings. The lowest BCUT2D eigenvalue weighted by atomic mass is 9.97. The number of likely N-dealkylation sites (tertiary alicyclic amines) is 1. The van der Waals surface area contributed by atoms with E-state index in [1.54, 1.807) is 6.07 Å². The Morgan fingerprint density at radius 3 is 2.56 bits per heavy atom. The van der Waals surface area contributed by atoms with Gasteiger partial charge in [-0.15, -0.1) is 0 Å². The first-order valence-corrected chi connectivity index (χ1v) is 5.85. The van der Waals surface area contributed by atoms with Gasteiger partial charge in [-0.2, -0.15) is 0 Å². The molecule has 0 aromatic carbocycles. The van der Waals surface area contributed by atoms with E-state index in [0.29, 0.717) is 17.8 Å². The minimum atomic E-state index is -0.0275. The van der Waals surface area contributed by atoms with E-state index in [0.717, 1.165) is 18.5 Å². The summed E-state index contributed by atoms with van der Waals surface area (Å²) in [6.45, 7) is 6.01. The Morgan fingerprint density at radius 2 is 2.06 bits per heavy atom. The Balaban J connectivity index is 2.19. The third kappa shape index (κ3) is 1.96. The van der Waals surface area contributed by atoms with Gasteiger partial charge in [0.05, 0.1) is 5.69 Å². The average molecular weight is 222 g/mol. The van der Waals surface area contributed by atoms with Crippen LogP contribution in [-0.4, -0.2) is 28.0 Å². The SMILES string of the molecule is Cc1cc(C(=O)N2[C@@H](C)CCC[C@@H]2C)on1. The molecule has 0 bridgehead atoms. The zero-order valence-corrected chi connectivity index (χ0v) is 10.1. The highest BCUT2D eigenvalue weighted by molar-refractivity contribution is 5.92. The van der Waals surface area contributed by atoms with Gasteiger partial charge in [0.2, 0.25) is 5.76 Å². The molecule has 88 valence electrons. The van der Waals surface area contributed by atoms with E-state index in [9.17, 15) is 4.79 Å². The summed E-state index contributed by atoms with van der Waals surface area (Å²) in [5.41, 5.74) is 0.751. The maximum absolute atomic E-state index is 12.2. The highest BCUT2D eigenvalue weighted by Gasteiger charge is 2.31. The van der Waals surface area contributed by atoms with Crippen LogP contribution >= 0.6 is 0 Å². The fourth-order valence-corrected chi connectivity index (χ4v) is 2.41. The van der Waals surface area contributed by atoms with Gasteiger partial charge in [0.25, 0.3) is 5.91 Å². The summed E-state index contributed by atoms with van der Waals surface area (Å²) in [5.74, 6) is 0.332. The van der Waals surface area contributed by atoms with Gasteiger partial charge in [0.15, 0.2) is 0 Å². The molecule has 0 aliphatic carbocycles. The van der Waals surface area contributed by atoms with Crippen LogP contribution in [0.25, 0.3) is 0 Å². The number of carbonyl (C=O) groups is 1. The van der Waals surface area contributed by atoms with Crippen molar-refractivity contribution in [2.24, 2.45) is 0 Å². The second kappa shape index (κ2) is 4.28. The molecule has 1 aliphatic heterocycles. The van der Waals surface area contributed by atoms with E-state index < -0.39 is 0 Å². The average Bonchev–Trinajstić information content (AvgIpc) is 2.64. The van der Waals surface area contributed by atoms with E-state index in [1.165, 1.54) is 6.42 Å². The van der Waals surface area contributed by atoms with Crippen molar-refractivity contribution in [3.8, 4) is 0 Å². The van der Waals surface area contributed by atoms with Crippen molar-refractivity contribution >= 4 is 5.91 Å². The van der Waals surface area contributed by atoms with Gasteiger partial charge < -0.3 is 9.42 Å². The summed E-state index contributed by atoms with van der Waals surface area (Å²) >= 11 is 0. The molecule has 0 spiro atoms. The molecule has 1 fully saturated rings. The quantitative estimate of drug-likeness (QED) is 0.733. The lowest BCUT2D eigenvalue weighted by molar-refractivity contribution is 0.0469. The van der Waals surface area contributed by atoms with E-state index in [4.69, 9.17) is 4.52 Å². The van der Waals surface area contributed by atoms with E-state index in [-0.39, 0.29) is 5.91 Å². The third-order valence-electron chi connectivity index (χ3n) is 3.27. The number of nitrogens with zero attached hydrogens (tertiary/aromatic N) is 2. The first kappa shape index (κ1) is 11.2. The molecule has 1 aromatic rings. The maximum Gasteiger partial charge on any atom is 0.292 e. The molecule has 2 atom stereocenters. The molecule has 4 nitrogen and oxygen atoms in total. The summed E-state index contributed by atoms with van der Waals surface area (Å²) in [6, 6.07) is 2.29. The van der Waals surface area contributed by atoms with Crippen LogP contribution in [0.3, 0.4) is 0 Å². The van der Waals surface area contributed by atoms with E-state index >= 15 is 0 Å². The zero-order valence-electron chi connectivity index (χ0n) is 10.1. The fourth-order valence-electron chi connectivity index (χ4n) is 2.41. The van der Waals surface area contributed by atoms with Crippen LogP contribution in [0.5, 0.6) is 0 Å². The normalized spacial score (nSPS) is 25.8. The van der Waals surface area contributed by atoms with Crippen LogP contribution in [0.1, 0.15) is 49.4 Å². The minimum Gasteiger partial charge on any atom is -0.351 e. The molecule has 0 radical (unpaired) electrons. The van der Waals surface area contributed by atoms with Gasteiger partial charge >= 0.3 is 0 Å². The van der Waals surface area contributed by atoms with E-state index in [2.05, 4.69) is 19.0 Å². The summed E-state index contributed by atoms with van der Waals surface area (Å²) in [5, 5.41) is 3.76. The minimum absolute atomic E-state index is 0.0275. The van der Waals surface area contributed by atoms with Gasteiger partial charge in [-0.1, -0.05) is 5.16 Å². The van der Waals surface area contributed by atoms with Crippen molar-refractivity contribution in [3.05, 3.63) is 17.5 Å². The molecule has 1 saturated heterocycles. The van der Waals surface area contributed by atoms with Crippen LogP contribution in [0.4, 0.5) is 0 Å². The van der Waals surface area contributed by atoms with Crippen molar-refractivity contribution in [3.63, 3.8) is 0 Å². The van der Waals surface area contributed by atoms with Crippen molar-refractivity contribution < 1.29 is 9.32 Å². The number of rotatable bonds is 1. The lowest BCUT2D eigenvalue weighted by Crippen LogP contribution is -2.47. The number of piperidine rings is 1. The number of hydrogen-bond acceptors (Lipinski definition) is 3. The van der Waals surface area contributed by atoms with Crippen LogP contribution in [-0.2, 0) is 0 Å². The molecule has 0 saturated carbocycles. The van der Waals surface area contributed by atoms with Gasteiger partial charge in [-0.3, -0.25) is 4.79 Å². The van der Waals surface area contributed by atoms with Crippen LogP contribution < -0.4 is 0 Å². The molecule has 2 heterocycles. The van der Waals surface area contributed by atoms with Crippen molar-refractivity contribution in [1.29, 1.82) is 0 Å². The number of amides is 1.